The molecule has 0 spiro atoms. The average molecular weight is 428 g/mol. The number of pyridine rings is 1. The number of imidazole rings is 1. The number of rotatable bonds is 9. The van der Waals surface area contributed by atoms with Crippen LogP contribution >= 0.6 is 11.6 Å². The minimum Gasteiger partial charge on any atom is -0.461 e. The van der Waals surface area contributed by atoms with Crippen molar-refractivity contribution in [2.45, 2.75) is 46.3 Å². The van der Waals surface area contributed by atoms with Crippen molar-refractivity contribution in [3.63, 3.8) is 0 Å². The summed E-state index contributed by atoms with van der Waals surface area (Å²) in [6.07, 6.45) is 4.46. The number of aromatic nitrogens is 3. The molecule has 3 rings (SSSR count). The lowest BCUT2D eigenvalue weighted by Gasteiger charge is -2.11. The average Bonchev–Trinajstić information content (AvgIpc) is 3.07. The van der Waals surface area contributed by atoms with Gasteiger partial charge in [0, 0.05) is 18.2 Å². The van der Waals surface area contributed by atoms with Gasteiger partial charge >= 0.3 is 5.97 Å². The van der Waals surface area contributed by atoms with E-state index in [-0.39, 0.29) is 6.61 Å². The summed E-state index contributed by atoms with van der Waals surface area (Å²) >= 11 is 6.45. The summed E-state index contributed by atoms with van der Waals surface area (Å²) in [4.78, 5) is 20.9. The van der Waals surface area contributed by atoms with E-state index in [0.717, 1.165) is 41.8 Å². The van der Waals surface area contributed by atoms with E-state index in [1.807, 2.05) is 34.9 Å². The molecule has 1 aromatic carbocycles. The molecule has 0 fully saturated rings. The maximum atomic E-state index is 12.2. The van der Waals surface area contributed by atoms with E-state index in [9.17, 15) is 9.90 Å². The van der Waals surface area contributed by atoms with E-state index in [4.69, 9.17) is 16.3 Å². The lowest BCUT2D eigenvalue weighted by molar-refractivity contribution is 0.0520. The summed E-state index contributed by atoms with van der Waals surface area (Å²) in [5, 5.41) is 9.99. The molecule has 0 saturated heterocycles. The van der Waals surface area contributed by atoms with Crippen LogP contribution in [0.4, 0.5) is 0 Å². The zero-order valence-electron chi connectivity index (χ0n) is 17.3. The van der Waals surface area contributed by atoms with Crippen LogP contribution in [0.15, 0.2) is 42.6 Å². The summed E-state index contributed by atoms with van der Waals surface area (Å²) in [5.41, 5.74) is 3.47. The summed E-state index contributed by atoms with van der Waals surface area (Å²) in [7, 11) is 0. The molecule has 0 amide bonds. The van der Waals surface area contributed by atoms with Crippen LogP contribution in [0.1, 0.15) is 54.3 Å². The smallest absolute Gasteiger partial charge is 0.357 e. The zero-order chi connectivity index (χ0) is 21.5. The highest BCUT2D eigenvalue weighted by Gasteiger charge is 2.17. The van der Waals surface area contributed by atoms with Crippen LogP contribution in [0.2, 0.25) is 5.15 Å². The van der Waals surface area contributed by atoms with E-state index < -0.39 is 5.97 Å². The van der Waals surface area contributed by atoms with Crippen LogP contribution in [-0.4, -0.2) is 32.2 Å². The number of aliphatic hydroxyl groups is 1. The molecule has 0 unspecified atom stereocenters. The molecule has 0 saturated carbocycles. The second kappa shape index (κ2) is 10.4. The number of nitrogens with zero attached hydrogens (tertiary/aromatic N) is 3. The van der Waals surface area contributed by atoms with Crippen molar-refractivity contribution in [2.24, 2.45) is 0 Å². The van der Waals surface area contributed by atoms with Crippen molar-refractivity contribution in [2.75, 3.05) is 6.61 Å². The molecule has 0 aliphatic carbocycles. The Hall–Kier alpha value is -2.70. The minimum absolute atomic E-state index is 0.179. The van der Waals surface area contributed by atoms with Crippen molar-refractivity contribution in [3.8, 4) is 11.1 Å². The van der Waals surface area contributed by atoms with Gasteiger partial charge in [-0.1, -0.05) is 55.3 Å². The number of halogens is 1. The molecule has 1 N–H and O–H groups in total. The van der Waals surface area contributed by atoms with Crippen LogP contribution in [0.25, 0.3) is 11.1 Å². The predicted octanol–water partition coefficient (Wildman–Crippen LogP) is 4.66. The SMILES string of the molecule is CCCCc1nc(CO)c(Cl)n1Cc1ccc(-c2cccnc2C(=O)OCC)cc1. The van der Waals surface area contributed by atoms with E-state index in [1.54, 1.807) is 19.2 Å². The minimum atomic E-state index is -0.431. The number of esters is 1. The molecule has 158 valence electrons. The molecule has 6 nitrogen and oxygen atoms in total. The van der Waals surface area contributed by atoms with Gasteiger partial charge in [-0.25, -0.2) is 14.8 Å². The van der Waals surface area contributed by atoms with E-state index in [2.05, 4.69) is 16.9 Å². The highest BCUT2D eigenvalue weighted by Crippen LogP contribution is 2.25. The van der Waals surface area contributed by atoms with Gasteiger partial charge in [0.05, 0.1) is 19.8 Å². The molecule has 0 bridgehead atoms. The summed E-state index contributed by atoms with van der Waals surface area (Å²) in [6.45, 7) is 4.58. The number of aliphatic hydroxyl groups excluding tert-OH is 1. The number of hydrogen-bond acceptors (Lipinski definition) is 5. The van der Waals surface area contributed by atoms with E-state index >= 15 is 0 Å². The number of carbonyl (C=O) groups is 1. The molecule has 0 radical (unpaired) electrons. The Morgan fingerprint density at radius 3 is 2.63 bits per heavy atom. The molecule has 3 aromatic rings. The van der Waals surface area contributed by atoms with Gasteiger partial charge in [-0.2, -0.15) is 0 Å². The molecule has 0 aliphatic rings. The van der Waals surface area contributed by atoms with Crippen LogP contribution in [-0.2, 0) is 24.3 Å². The Bertz CT molecular complexity index is 999. The molecule has 2 heterocycles. The summed E-state index contributed by atoms with van der Waals surface area (Å²) in [5.74, 6) is 0.450. The van der Waals surface area contributed by atoms with Crippen LogP contribution in [0.3, 0.4) is 0 Å². The first-order chi connectivity index (χ1) is 14.6. The Labute approximate surface area is 181 Å². The lowest BCUT2D eigenvalue weighted by Crippen LogP contribution is -2.09. The van der Waals surface area contributed by atoms with Gasteiger partial charge in [0.2, 0.25) is 0 Å². The van der Waals surface area contributed by atoms with Crippen molar-refractivity contribution in [1.29, 1.82) is 0 Å². The first kappa shape index (κ1) is 22.0. The van der Waals surface area contributed by atoms with Gasteiger partial charge in [0.1, 0.15) is 16.7 Å². The third-order valence-electron chi connectivity index (χ3n) is 4.84. The predicted molar refractivity (Wildman–Crippen MR) is 117 cm³/mol. The fourth-order valence-electron chi connectivity index (χ4n) is 3.29. The van der Waals surface area contributed by atoms with Gasteiger partial charge in [0.25, 0.3) is 0 Å². The molecule has 2 aromatic heterocycles. The number of ether oxygens (including phenoxy) is 1. The standard InChI is InChI=1S/C23H26ClN3O3/c1-3-5-8-20-26-19(15-28)22(24)27(20)14-16-9-11-17(12-10-16)18-7-6-13-25-21(18)23(29)30-4-2/h6-7,9-13,28H,3-5,8,14-15H2,1-2H3. The number of carbonyl (C=O) groups excluding carboxylic acids is 1. The van der Waals surface area contributed by atoms with Crippen molar-refractivity contribution in [3.05, 3.63) is 70.5 Å². The van der Waals surface area contributed by atoms with Gasteiger partial charge in [-0.3, -0.25) is 0 Å². The number of hydrogen-bond donors (Lipinski definition) is 1. The van der Waals surface area contributed by atoms with Crippen LogP contribution in [0.5, 0.6) is 0 Å². The highest BCUT2D eigenvalue weighted by molar-refractivity contribution is 6.30. The molecule has 0 atom stereocenters. The summed E-state index contributed by atoms with van der Waals surface area (Å²) < 4.78 is 7.07. The second-order valence-corrected chi connectivity index (χ2v) is 7.29. The maximum absolute atomic E-state index is 12.2. The topological polar surface area (TPSA) is 77.2 Å². The molecule has 30 heavy (non-hydrogen) atoms. The number of unbranched alkanes of at least 4 members (excludes halogenated alkanes) is 1. The zero-order valence-corrected chi connectivity index (χ0v) is 18.0. The normalized spacial score (nSPS) is 10.9. The van der Waals surface area contributed by atoms with Crippen molar-refractivity contribution in [1.82, 2.24) is 14.5 Å². The Balaban J connectivity index is 1.86. The molecule has 0 aliphatic heterocycles. The fourth-order valence-corrected chi connectivity index (χ4v) is 3.55. The van der Waals surface area contributed by atoms with Crippen LogP contribution in [0, 0.1) is 0 Å². The van der Waals surface area contributed by atoms with Crippen LogP contribution < -0.4 is 0 Å². The Morgan fingerprint density at radius 1 is 1.20 bits per heavy atom. The Morgan fingerprint density at radius 2 is 1.97 bits per heavy atom. The number of aryl methyl sites for hydroxylation is 1. The molecular formula is C23H26ClN3O3. The second-order valence-electron chi connectivity index (χ2n) is 6.93. The van der Waals surface area contributed by atoms with E-state index in [1.165, 1.54) is 0 Å². The van der Waals surface area contributed by atoms with Gasteiger partial charge in [-0.05, 0) is 30.5 Å². The first-order valence-corrected chi connectivity index (χ1v) is 10.5. The highest BCUT2D eigenvalue weighted by atomic mass is 35.5. The fraction of sp³-hybridized carbons (Fsp3) is 0.348. The van der Waals surface area contributed by atoms with Crippen molar-refractivity contribution < 1.29 is 14.6 Å². The quantitative estimate of drug-likeness (QED) is 0.502. The van der Waals surface area contributed by atoms with Gasteiger partial charge in [0.15, 0.2) is 5.69 Å². The van der Waals surface area contributed by atoms with Crippen molar-refractivity contribution >= 4 is 17.6 Å². The van der Waals surface area contributed by atoms with Gasteiger partial charge < -0.3 is 14.4 Å². The third-order valence-corrected chi connectivity index (χ3v) is 5.26. The Kier molecular flexibility index (Phi) is 7.60. The third kappa shape index (κ3) is 4.89. The lowest BCUT2D eigenvalue weighted by atomic mass is 10.0. The molecular weight excluding hydrogens is 402 g/mol. The van der Waals surface area contributed by atoms with E-state index in [0.29, 0.717) is 29.7 Å². The van der Waals surface area contributed by atoms with Gasteiger partial charge in [-0.15, -0.1) is 0 Å². The largest absolute Gasteiger partial charge is 0.461 e. The maximum Gasteiger partial charge on any atom is 0.357 e. The summed E-state index contributed by atoms with van der Waals surface area (Å²) in [6, 6.07) is 11.6. The molecule has 7 heteroatoms. The monoisotopic (exact) mass is 427 g/mol. The number of benzene rings is 1. The first-order valence-electron chi connectivity index (χ1n) is 10.1.